The second kappa shape index (κ2) is 5.32. The number of piperazine rings is 1. The summed E-state index contributed by atoms with van der Waals surface area (Å²) in [6.45, 7) is 3.31. The average molecular weight is 220 g/mol. The van der Waals surface area contributed by atoms with Crippen LogP contribution in [0.5, 0.6) is 5.75 Å². The zero-order chi connectivity index (χ0) is 11.4. The largest absolute Gasteiger partial charge is 0.497 e. The third kappa shape index (κ3) is 2.74. The summed E-state index contributed by atoms with van der Waals surface area (Å²) in [6.07, 6.45) is 1.08. The van der Waals surface area contributed by atoms with Gasteiger partial charge in [-0.05, 0) is 31.2 Å². The maximum Gasteiger partial charge on any atom is 0.119 e. The van der Waals surface area contributed by atoms with E-state index >= 15 is 0 Å². The van der Waals surface area contributed by atoms with Gasteiger partial charge in [0.1, 0.15) is 5.75 Å². The van der Waals surface area contributed by atoms with Crippen molar-refractivity contribution in [2.75, 3.05) is 33.8 Å². The van der Waals surface area contributed by atoms with Crippen LogP contribution >= 0.6 is 0 Å². The van der Waals surface area contributed by atoms with Crippen LogP contribution in [-0.4, -0.2) is 44.7 Å². The van der Waals surface area contributed by atoms with Gasteiger partial charge in [-0.25, -0.2) is 0 Å². The Bertz CT molecular complexity index is 340. The highest BCUT2D eigenvalue weighted by atomic mass is 16.5. The monoisotopic (exact) mass is 220 g/mol. The number of nitrogens with zero attached hydrogens (tertiary/aromatic N) is 1. The fraction of sp³-hybridized carbons (Fsp3) is 0.538. The molecule has 3 nitrogen and oxygen atoms in total. The lowest BCUT2D eigenvalue weighted by molar-refractivity contribution is 0.199. The van der Waals surface area contributed by atoms with E-state index in [1.54, 1.807) is 7.11 Å². The highest BCUT2D eigenvalue weighted by molar-refractivity contribution is 5.29. The second-order valence-electron chi connectivity index (χ2n) is 4.39. The first-order chi connectivity index (χ1) is 7.79. The highest BCUT2D eigenvalue weighted by Gasteiger charge is 2.18. The molecule has 0 spiro atoms. The SMILES string of the molecule is COc1cccc(CC2CNCCN2C)c1. The summed E-state index contributed by atoms with van der Waals surface area (Å²) in [5, 5.41) is 3.44. The number of rotatable bonds is 3. The second-order valence-corrected chi connectivity index (χ2v) is 4.39. The molecule has 3 heteroatoms. The van der Waals surface area contributed by atoms with Gasteiger partial charge in [-0.3, -0.25) is 0 Å². The van der Waals surface area contributed by atoms with Crippen LogP contribution in [-0.2, 0) is 6.42 Å². The molecule has 1 fully saturated rings. The summed E-state index contributed by atoms with van der Waals surface area (Å²) in [6, 6.07) is 8.95. The van der Waals surface area contributed by atoms with Gasteiger partial charge in [0.15, 0.2) is 0 Å². The zero-order valence-electron chi connectivity index (χ0n) is 10.1. The van der Waals surface area contributed by atoms with E-state index in [1.165, 1.54) is 5.56 Å². The van der Waals surface area contributed by atoms with E-state index in [-0.39, 0.29) is 0 Å². The van der Waals surface area contributed by atoms with Gasteiger partial charge >= 0.3 is 0 Å². The molecule has 16 heavy (non-hydrogen) atoms. The fourth-order valence-electron chi connectivity index (χ4n) is 2.16. The summed E-state index contributed by atoms with van der Waals surface area (Å²) in [5.74, 6) is 0.948. The van der Waals surface area contributed by atoms with Crippen molar-refractivity contribution >= 4 is 0 Å². The molecule has 1 N–H and O–H groups in total. The first-order valence-corrected chi connectivity index (χ1v) is 5.83. The third-order valence-electron chi connectivity index (χ3n) is 3.25. The molecule has 88 valence electrons. The van der Waals surface area contributed by atoms with E-state index in [2.05, 4.69) is 35.5 Å². The van der Waals surface area contributed by atoms with E-state index < -0.39 is 0 Å². The Balaban J connectivity index is 2.01. The van der Waals surface area contributed by atoms with E-state index in [0.29, 0.717) is 6.04 Å². The molecule has 1 heterocycles. The third-order valence-corrected chi connectivity index (χ3v) is 3.25. The smallest absolute Gasteiger partial charge is 0.119 e. The summed E-state index contributed by atoms with van der Waals surface area (Å²) >= 11 is 0. The lowest BCUT2D eigenvalue weighted by Gasteiger charge is -2.33. The van der Waals surface area contributed by atoms with Crippen LogP contribution in [0.2, 0.25) is 0 Å². The minimum atomic E-state index is 0.598. The molecule has 0 amide bonds. The number of benzene rings is 1. The number of hydrogen-bond acceptors (Lipinski definition) is 3. The maximum absolute atomic E-state index is 5.24. The fourth-order valence-corrected chi connectivity index (χ4v) is 2.16. The van der Waals surface area contributed by atoms with Gasteiger partial charge in [-0.2, -0.15) is 0 Å². The van der Waals surface area contributed by atoms with E-state index in [9.17, 15) is 0 Å². The van der Waals surface area contributed by atoms with E-state index in [0.717, 1.165) is 31.8 Å². The maximum atomic E-state index is 5.24. The molecule has 0 aromatic heterocycles. The first-order valence-electron chi connectivity index (χ1n) is 5.83. The standard InChI is InChI=1S/C13H20N2O/c1-15-7-6-14-10-12(15)8-11-4-3-5-13(9-11)16-2/h3-5,9,12,14H,6-8,10H2,1-2H3. The van der Waals surface area contributed by atoms with Gasteiger partial charge < -0.3 is 15.0 Å². The Labute approximate surface area is 97.4 Å². The van der Waals surface area contributed by atoms with Crippen molar-refractivity contribution in [2.45, 2.75) is 12.5 Å². The Morgan fingerprint density at radius 3 is 3.12 bits per heavy atom. The van der Waals surface area contributed by atoms with Gasteiger partial charge in [0.25, 0.3) is 0 Å². The Kier molecular flexibility index (Phi) is 3.80. The van der Waals surface area contributed by atoms with Gasteiger partial charge in [0, 0.05) is 25.7 Å². The summed E-state index contributed by atoms with van der Waals surface area (Å²) in [7, 11) is 3.92. The summed E-state index contributed by atoms with van der Waals surface area (Å²) in [5.41, 5.74) is 1.35. The molecular formula is C13H20N2O. The van der Waals surface area contributed by atoms with Crippen LogP contribution in [0.3, 0.4) is 0 Å². The lowest BCUT2D eigenvalue weighted by atomic mass is 10.0. The number of nitrogens with one attached hydrogen (secondary N) is 1. The van der Waals surface area contributed by atoms with Crippen molar-refractivity contribution in [3.8, 4) is 5.75 Å². The van der Waals surface area contributed by atoms with Crippen molar-refractivity contribution in [3.05, 3.63) is 29.8 Å². The van der Waals surface area contributed by atoms with Crippen LogP contribution in [0, 0.1) is 0 Å². The van der Waals surface area contributed by atoms with Crippen molar-refractivity contribution in [2.24, 2.45) is 0 Å². The van der Waals surface area contributed by atoms with Crippen LogP contribution in [0.15, 0.2) is 24.3 Å². The van der Waals surface area contributed by atoms with Gasteiger partial charge in [-0.15, -0.1) is 0 Å². The molecule has 0 radical (unpaired) electrons. The lowest BCUT2D eigenvalue weighted by Crippen LogP contribution is -2.50. The molecule has 0 bridgehead atoms. The van der Waals surface area contributed by atoms with Crippen molar-refractivity contribution < 1.29 is 4.74 Å². The molecule has 2 rings (SSSR count). The van der Waals surface area contributed by atoms with E-state index in [1.807, 2.05) is 6.07 Å². The normalized spacial score (nSPS) is 22.0. The van der Waals surface area contributed by atoms with Gasteiger partial charge in [0.2, 0.25) is 0 Å². The number of ether oxygens (including phenoxy) is 1. The topological polar surface area (TPSA) is 24.5 Å². The van der Waals surface area contributed by atoms with Crippen LogP contribution in [0.4, 0.5) is 0 Å². The molecule has 1 aliphatic rings. The number of likely N-dealkylation sites (N-methyl/N-ethyl adjacent to an activating group) is 1. The Hall–Kier alpha value is -1.06. The molecule has 1 atom stereocenters. The molecule has 1 unspecified atom stereocenters. The van der Waals surface area contributed by atoms with Crippen LogP contribution < -0.4 is 10.1 Å². The zero-order valence-corrected chi connectivity index (χ0v) is 10.1. The Morgan fingerprint density at radius 2 is 2.38 bits per heavy atom. The number of hydrogen-bond donors (Lipinski definition) is 1. The molecular weight excluding hydrogens is 200 g/mol. The minimum Gasteiger partial charge on any atom is -0.497 e. The first kappa shape index (κ1) is 11.4. The number of methoxy groups -OCH3 is 1. The molecule has 0 saturated carbocycles. The molecule has 1 aromatic rings. The Morgan fingerprint density at radius 1 is 1.50 bits per heavy atom. The van der Waals surface area contributed by atoms with Crippen molar-refractivity contribution in [1.82, 2.24) is 10.2 Å². The highest BCUT2D eigenvalue weighted by Crippen LogP contribution is 2.15. The summed E-state index contributed by atoms with van der Waals surface area (Å²) < 4.78 is 5.24. The van der Waals surface area contributed by atoms with Crippen molar-refractivity contribution in [1.29, 1.82) is 0 Å². The van der Waals surface area contributed by atoms with Gasteiger partial charge in [-0.1, -0.05) is 12.1 Å². The molecule has 1 aromatic carbocycles. The van der Waals surface area contributed by atoms with E-state index in [4.69, 9.17) is 4.74 Å². The quantitative estimate of drug-likeness (QED) is 0.827. The van der Waals surface area contributed by atoms with Crippen LogP contribution in [0.1, 0.15) is 5.56 Å². The predicted octanol–water partition coefficient (Wildman–Crippen LogP) is 1.14. The van der Waals surface area contributed by atoms with Crippen LogP contribution in [0.25, 0.3) is 0 Å². The summed E-state index contributed by atoms with van der Waals surface area (Å²) in [4.78, 5) is 2.43. The van der Waals surface area contributed by atoms with Crippen molar-refractivity contribution in [3.63, 3.8) is 0 Å². The molecule has 1 aliphatic heterocycles. The minimum absolute atomic E-state index is 0.598. The molecule has 1 saturated heterocycles. The predicted molar refractivity (Wildman–Crippen MR) is 66.0 cm³/mol. The molecule has 0 aliphatic carbocycles. The average Bonchev–Trinajstić information content (AvgIpc) is 2.32. The van der Waals surface area contributed by atoms with Gasteiger partial charge in [0.05, 0.1) is 7.11 Å².